The van der Waals surface area contributed by atoms with E-state index >= 15 is 0 Å². The van der Waals surface area contributed by atoms with E-state index in [2.05, 4.69) is 15.9 Å². The topological polar surface area (TPSA) is 46.3 Å². The highest BCUT2D eigenvalue weighted by atomic mass is 79.9. The van der Waals surface area contributed by atoms with Gasteiger partial charge in [0.1, 0.15) is 0 Å². The zero-order chi connectivity index (χ0) is 12.4. The van der Waals surface area contributed by atoms with E-state index in [1.54, 1.807) is 17.0 Å². The molecule has 0 radical (unpaired) electrons. The van der Waals surface area contributed by atoms with E-state index in [9.17, 15) is 4.79 Å². The number of hydrogen-bond donors (Lipinski definition) is 1. The monoisotopic (exact) mass is 352 g/mol. The van der Waals surface area contributed by atoms with E-state index in [1.165, 1.54) is 0 Å². The van der Waals surface area contributed by atoms with Crippen LogP contribution in [0.5, 0.6) is 0 Å². The van der Waals surface area contributed by atoms with Crippen LogP contribution in [0.4, 0.5) is 0 Å². The van der Waals surface area contributed by atoms with Crippen LogP contribution in [-0.4, -0.2) is 29.9 Å². The van der Waals surface area contributed by atoms with Crippen molar-refractivity contribution in [1.82, 2.24) is 4.90 Å². The van der Waals surface area contributed by atoms with Gasteiger partial charge in [-0.2, -0.15) is 0 Å². The quantitative estimate of drug-likeness (QED) is 0.843. The number of likely N-dealkylation sites (tertiary alicyclic amines) is 1. The molecular weight excluding hydrogens is 339 g/mol. The van der Waals surface area contributed by atoms with Gasteiger partial charge in [0.25, 0.3) is 5.91 Å². The maximum absolute atomic E-state index is 12.2. The Labute approximate surface area is 126 Å². The molecule has 100 valence electrons. The summed E-state index contributed by atoms with van der Waals surface area (Å²) < 4.78 is 0.870. The zero-order valence-electron chi connectivity index (χ0n) is 9.73. The Balaban J connectivity index is 0.00000162. The van der Waals surface area contributed by atoms with Gasteiger partial charge in [-0.1, -0.05) is 27.5 Å². The minimum Gasteiger partial charge on any atom is -0.337 e. The molecule has 1 aliphatic heterocycles. The van der Waals surface area contributed by atoms with Gasteiger partial charge in [0.05, 0.1) is 10.6 Å². The van der Waals surface area contributed by atoms with Gasteiger partial charge in [0.2, 0.25) is 0 Å². The minimum atomic E-state index is -0.0300. The number of benzene rings is 1. The highest BCUT2D eigenvalue weighted by molar-refractivity contribution is 9.10. The molecule has 1 saturated heterocycles. The van der Waals surface area contributed by atoms with E-state index < -0.39 is 0 Å². The van der Waals surface area contributed by atoms with Crippen LogP contribution in [0.3, 0.4) is 0 Å². The number of nitrogens with zero attached hydrogens (tertiary/aromatic N) is 1. The lowest BCUT2D eigenvalue weighted by atomic mass is 10.1. The molecule has 3 nitrogen and oxygen atoms in total. The SMILES string of the molecule is Cl.N[C@@H]1CCCN(C(=O)c2ccc(Br)cc2Cl)C1. The molecule has 1 aromatic carbocycles. The Morgan fingerprint density at radius 1 is 1.50 bits per heavy atom. The van der Waals surface area contributed by atoms with Crippen molar-refractivity contribution in [2.45, 2.75) is 18.9 Å². The fourth-order valence-electron chi connectivity index (χ4n) is 2.03. The van der Waals surface area contributed by atoms with E-state index in [-0.39, 0.29) is 24.4 Å². The van der Waals surface area contributed by atoms with Crippen molar-refractivity contribution in [1.29, 1.82) is 0 Å². The van der Waals surface area contributed by atoms with Crippen molar-refractivity contribution in [3.05, 3.63) is 33.3 Å². The van der Waals surface area contributed by atoms with E-state index in [0.717, 1.165) is 23.9 Å². The number of amides is 1. The number of rotatable bonds is 1. The number of hydrogen-bond acceptors (Lipinski definition) is 2. The molecule has 1 fully saturated rings. The van der Waals surface area contributed by atoms with Gasteiger partial charge < -0.3 is 10.6 Å². The highest BCUT2D eigenvalue weighted by Crippen LogP contribution is 2.23. The molecule has 1 atom stereocenters. The molecule has 0 spiro atoms. The molecular formula is C12H15BrCl2N2O. The summed E-state index contributed by atoms with van der Waals surface area (Å²) in [5.41, 5.74) is 6.41. The third-order valence-corrected chi connectivity index (χ3v) is 3.71. The first kappa shape index (κ1) is 15.8. The van der Waals surface area contributed by atoms with Crippen molar-refractivity contribution in [3.8, 4) is 0 Å². The second-order valence-corrected chi connectivity index (χ2v) is 5.60. The minimum absolute atomic E-state index is 0. The molecule has 2 rings (SSSR count). The van der Waals surface area contributed by atoms with Crippen LogP contribution in [0.1, 0.15) is 23.2 Å². The average molecular weight is 354 g/mol. The maximum atomic E-state index is 12.2. The van der Waals surface area contributed by atoms with Gasteiger partial charge in [-0.05, 0) is 31.0 Å². The van der Waals surface area contributed by atoms with Gasteiger partial charge in [-0.25, -0.2) is 0 Å². The van der Waals surface area contributed by atoms with Gasteiger partial charge in [0.15, 0.2) is 0 Å². The summed E-state index contributed by atoms with van der Waals surface area (Å²) in [4.78, 5) is 14.0. The smallest absolute Gasteiger partial charge is 0.255 e. The Morgan fingerprint density at radius 3 is 2.83 bits per heavy atom. The molecule has 0 saturated carbocycles. The molecule has 0 unspecified atom stereocenters. The fourth-order valence-corrected chi connectivity index (χ4v) is 2.78. The van der Waals surface area contributed by atoms with Crippen molar-refractivity contribution in [3.63, 3.8) is 0 Å². The standard InChI is InChI=1S/C12H14BrClN2O.ClH/c13-8-3-4-10(11(14)6-8)12(17)16-5-1-2-9(15)7-16;/h3-4,6,9H,1-2,5,7,15H2;1H/t9-;/m1./s1. The summed E-state index contributed by atoms with van der Waals surface area (Å²) in [7, 11) is 0. The maximum Gasteiger partial charge on any atom is 0.255 e. The van der Waals surface area contributed by atoms with Crippen molar-refractivity contribution >= 4 is 45.8 Å². The average Bonchev–Trinajstić information content (AvgIpc) is 2.28. The summed E-state index contributed by atoms with van der Waals surface area (Å²) in [6.07, 6.45) is 1.94. The van der Waals surface area contributed by atoms with Crippen LogP contribution in [0, 0.1) is 0 Å². The van der Waals surface area contributed by atoms with Crippen LogP contribution in [-0.2, 0) is 0 Å². The summed E-state index contributed by atoms with van der Waals surface area (Å²) in [6, 6.07) is 5.39. The first-order valence-corrected chi connectivity index (χ1v) is 6.75. The highest BCUT2D eigenvalue weighted by Gasteiger charge is 2.23. The lowest BCUT2D eigenvalue weighted by Crippen LogP contribution is -2.45. The van der Waals surface area contributed by atoms with Gasteiger partial charge in [-0.3, -0.25) is 4.79 Å². The Bertz CT molecular complexity index is 442. The lowest BCUT2D eigenvalue weighted by molar-refractivity contribution is 0.0709. The fraction of sp³-hybridized carbons (Fsp3) is 0.417. The van der Waals surface area contributed by atoms with Crippen LogP contribution in [0.15, 0.2) is 22.7 Å². The number of carbonyl (C=O) groups is 1. The largest absolute Gasteiger partial charge is 0.337 e. The van der Waals surface area contributed by atoms with Gasteiger partial charge in [0, 0.05) is 23.6 Å². The Morgan fingerprint density at radius 2 is 2.22 bits per heavy atom. The van der Waals surface area contributed by atoms with E-state index in [4.69, 9.17) is 17.3 Å². The third-order valence-electron chi connectivity index (χ3n) is 2.91. The first-order valence-electron chi connectivity index (χ1n) is 5.58. The van der Waals surface area contributed by atoms with E-state index in [1.807, 2.05) is 6.07 Å². The summed E-state index contributed by atoms with van der Waals surface area (Å²) in [5.74, 6) is -0.0300. The van der Waals surface area contributed by atoms with Crippen LogP contribution < -0.4 is 5.73 Å². The molecule has 2 N–H and O–H groups in total. The molecule has 1 aromatic rings. The normalized spacial score (nSPS) is 19.3. The number of nitrogens with two attached hydrogens (primary N) is 1. The predicted molar refractivity (Wildman–Crippen MR) is 79.5 cm³/mol. The zero-order valence-corrected chi connectivity index (χ0v) is 12.9. The molecule has 0 aromatic heterocycles. The molecule has 6 heteroatoms. The number of carbonyl (C=O) groups excluding carboxylic acids is 1. The molecule has 18 heavy (non-hydrogen) atoms. The molecule has 1 amide bonds. The van der Waals surface area contributed by atoms with Crippen molar-refractivity contribution < 1.29 is 4.79 Å². The molecule has 1 aliphatic rings. The molecule has 0 aliphatic carbocycles. The van der Waals surface area contributed by atoms with Crippen LogP contribution in [0.25, 0.3) is 0 Å². The Kier molecular flexibility index (Phi) is 5.92. The second-order valence-electron chi connectivity index (χ2n) is 4.28. The summed E-state index contributed by atoms with van der Waals surface area (Å²) >= 11 is 9.39. The van der Waals surface area contributed by atoms with E-state index in [0.29, 0.717) is 17.1 Å². The second kappa shape index (κ2) is 6.75. The number of piperidine rings is 1. The van der Waals surface area contributed by atoms with Crippen molar-refractivity contribution in [2.24, 2.45) is 5.73 Å². The number of halogens is 3. The Hall–Kier alpha value is -0.290. The van der Waals surface area contributed by atoms with Crippen LogP contribution >= 0.6 is 39.9 Å². The molecule has 1 heterocycles. The predicted octanol–water partition coefficient (Wildman–Crippen LogP) is 3.09. The molecule has 0 bridgehead atoms. The van der Waals surface area contributed by atoms with Gasteiger partial charge >= 0.3 is 0 Å². The summed E-state index contributed by atoms with van der Waals surface area (Å²) in [6.45, 7) is 1.38. The first-order chi connectivity index (χ1) is 8.08. The third kappa shape index (κ3) is 3.60. The van der Waals surface area contributed by atoms with Gasteiger partial charge in [-0.15, -0.1) is 12.4 Å². The van der Waals surface area contributed by atoms with Crippen LogP contribution in [0.2, 0.25) is 5.02 Å². The lowest BCUT2D eigenvalue weighted by Gasteiger charge is -2.31. The van der Waals surface area contributed by atoms with Crippen molar-refractivity contribution in [2.75, 3.05) is 13.1 Å². The summed E-state index contributed by atoms with van der Waals surface area (Å²) in [5, 5.41) is 0.475.